The van der Waals surface area contributed by atoms with Crippen molar-refractivity contribution in [3.8, 4) is 10.6 Å². The van der Waals surface area contributed by atoms with Crippen molar-refractivity contribution >= 4 is 38.7 Å². The Morgan fingerprint density at radius 3 is 3.00 bits per heavy atom. The van der Waals surface area contributed by atoms with Crippen LogP contribution in [-0.4, -0.2) is 19.9 Å². The van der Waals surface area contributed by atoms with E-state index in [1.807, 2.05) is 6.20 Å². The number of H-pyrrole nitrogens is 1. The van der Waals surface area contributed by atoms with E-state index in [4.69, 9.17) is 9.97 Å². The number of imidazole rings is 1. The summed E-state index contributed by atoms with van der Waals surface area (Å²) in [4.78, 5) is 18.7. The van der Waals surface area contributed by atoms with Crippen LogP contribution in [0.2, 0.25) is 0 Å². The van der Waals surface area contributed by atoms with Gasteiger partial charge in [0, 0.05) is 5.92 Å². The lowest BCUT2D eigenvalue weighted by Crippen LogP contribution is -2.05. The second-order valence-electron chi connectivity index (χ2n) is 6.38. The first-order chi connectivity index (χ1) is 12.3. The van der Waals surface area contributed by atoms with Gasteiger partial charge in [-0.15, -0.1) is 22.7 Å². The van der Waals surface area contributed by atoms with Gasteiger partial charge >= 0.3 is 0 Å². The molecule has 4 aromatic heterocycles. The highest BCUT2D eigenvalue weighted by atomic mass is 32.1. The lowest BCUT2D eigenvalue weighted by Gasteiger charge is -2.07. The van der Waals surface area contributed by atoms with Gasteiger partial charge < -0.3 is 10.3 Å². The second-order valence-corrected chi connectivity index (χ2v) is 8.20. The maximum atomic E-state index is 4.80. The number of nitrogens with one attached hydrogen (secondary N) is 2. The summed E-state index contributed by atoms with van der Waals surface area (Å²) in [5.41, 5.74) is 3.37. The Balaban J connectivity index is 1.42. The number of aromatic amines is 1. The number of aromatic nitrogens is 4. The molecular formula is C18H17N5S2. The molecule has 0 saturated heterocycles. The molecule has 1 fully saturated rings. The third-order valence-electron chi connectivity index (χ3n) is 4.39. The summed E-state index contributed by atoms with van der Waals surface area (Å²) in [6.45, 7) is 2.74. The number of anilines is 1. The largest absolute Gasteiger partial charge is 0.362 e. The molecule has 5 nitrogen and oxygen atoms in total. The van der Waals surface area contributed by atoms with Gasteiger partial charge in [-0.3, -0.25) is 0 Å². The quantitative estimate of drug-likeness (QED) is 0.524. The molecule has 126 valence electrons. The fourth-order valence-electron chi connectivity index (χ4n) is 2.87. The third-order valence-corrected chi connectivity index (χ3v) is 6.39. The summed E-state index contributed by atoms with van der Waals surface area (Å²) in [6, 6.07) is 4.15. The van der Waals surface area contributed by atoms with E-state index in [0.29, 0.717) is 12.5 Å². The van der Waals surface area contributed by atoms with Gasteiger partial charge in [-0.05, 0) is 42.2 Å². The first kappa shape index (κ1) is 15.0. The molecule has 1 saturated carbocycles. The van der Waals surface area contributed by atoms with E-state index >= 15 is 0 Å². The van der Waals surface area contributed by atoms with Crippen LogP contribution in [0.1, 0.15) is 36.0 Å². The van der Waals surface area contributed by atoms with Crippen LogP contribution >= 0.6 is 22.7 Å². The molecule has 4 heterocycles. The maximum absolute atomic E-state index is 4.80. The monoisotopic (exact) mass is 367 g/mol. The summed E-state index contributed by atoms with van der Waals surface area (Å²) in [5.74, 6) is 3.36. The normalized spacial score (nSPS) is 14.3. The second kappa shape index (κ2) is 5.93. The van der Waals surface area contributed by atoms with Gasteiger partial charge in [-0.2, -0.15) is 0 Å². The SMILES string of the molecule is Cc1csc2c(NCc3ncc(-c4cccs4)[nH]3)nc(C3CC3)nc12. The molecule has 0 unspecified atom stereocenters. The van der Waals surface area contributed by atoms with Gasteiger partial charge in [-0.1, -0.05) is 6.07 Å². The van der Waals surface area contributed by atoms with Crippen molar-refractivity contribution in [1.82, 2.24) is 19.9 Å². The molecule has 0 atom stereocenters. The Morgan fingerprint density at radius 1 is 1.28 bits per heavy atom. The predicted octanol–water partition coefficient (Wildman–Crippen LogP) is 4.94. The van der Waals surface area contributed by atoms with E-state index in [1.54, 1.807) is 22.7 Å². The number of hydrogen-bond donors (Lipinski definition) is 2. The third kappa shape index (κ3) is 2.83. The van der Waals surface area contributed by atoms with E-state index in [9.17, 15) is 0 Å². The minimum Gasteiger partial charge on any atom is -0.362 e. The summed E-state index contributed by atoms with van der Waals surface area (Å²) in [5, 5.41) is 7.70. The zero-order valence-corrected chi connectivity index (χ0v) is 15.4. The highest BCUT2D eigenvalue weighted by Crippen LogP contribution is 2.40. The number of hydrogen-bond acceptors (Lipinski definition) is 6. The van der Waals surface area contributed by atoms with E-state index < -0.39 is 0 Å². The van der Waals surface area contributed by atoms with Crippen LogP contribution in [0.4, 0.5) is 5.82 Å². The highest BCUT2D eigenvalue weighted by molar-refractivity contribution is 7.18. The number of fused-ring (bicyclic) bond motifs is 1. The molecular weight excluding hydrogens is 350 g/mol. The molecule has 0 bridgehead atoms. The molecule has 2 N–H and O–H groups in total. The Hall–Kier alpha value is -2.25. The molecule has 0 amide bonds. The topological polar surface area (TPSA) is 66.5 Å². The van der Waals surface area contributed by atoms with E-state index in [2.05, 4.69) is 45.1 Å². The molecule has 1 aliphatic rings. The summed E-state index contributed by atoms with van der Waals surface area (Å²) >= 11 is 3.41. The average molecular weight is 368 g/mol. The molecule has 0 aliphatic heterocycles. The fourth-order valence-corrected chi connectivity index (χ4v) is 4.52. The van der Waals surface area contributed by atoms with Gasteiger partial charge in [0.1, 0.15) is 17.5 Å². The van der Waals surface area contributed by atoms with Crippen LogP contribution in [0.5, 0.6) is 0 Å². The van der Waals surface area contributed by atoms with Crippen molar-refractivity contribution in [2.75, 3.05) is 5.32 Å². The van der Waals surface area contributed by atoms with Gasteiger partial charge in [0.2, 0.25) is 0 Å². The van der Waals surface area contributed by atoms with Gasteiger partial charge in [0.15, 0.2) is 0 Å². The number of aryl methyl sites for hydroxylation is 1. The van der Waals surface area contributed by atoms with E-state index in [-0.39, 0.29) is 0 Å². The lowest BCUT2D eigenvalue weighted by atomic mass is 10.3. The Bertz CT molecular complexity index is 1030. The Kier molecular flexibility index (Phi) is 3.57. The first-order valence-corrected chi connectivity index (χ1v) is 10.1. The molecule has 0 spiro atoms. The van der Waals surface area contributed by atoms with Crippen molar-refractivity contribution in [3.05, 3.63) is 46.3 Å². The number of rotatable bonds is 5. The van der Waals surface area contributed by atoms with Crippen molar-refractivity contribution < 1.29 is 0 Å². The Morgan fingerprint density at radius 2 is 2.20 bits per heavy atom. The lowest BCUT2D eigenvalue weighted by molar-refractivity contribution is 0.930. The summed E-state index contributed by atoms with van der Waals surface area (Å²) in [7, 11) is 0. The summed E-state index contributed by atoms with van der Waals surface area (Å²) < 4.78 is 1.13. The standard InChI is InChI=1S/C18H17N5S2/c1-10-9-25-16-15(10)22-17(11-4-5-11)23-18(16)20-8-14-19-7-12(21-14)13-3-2-6-24-13/h2-3,6-7,9,11H,4-5,8H2,1H3,(H,19,21)(H,20,22,23). The zero-order valence-electron chi connectivity index (χ0n) is 13.7. The molecule has 7 heteroatoms. The maximum Gasteiger partial charge on any atom is 0.148 e. The van der Waals surface area contributed by atoms with Crippen molar-refractivity contribution in [1.29, 1.82) is 0 Å². The van der Waals surface area contributed by atoms with Crippen LogP contribution in [0.3, 0.4) is 0 Å². The number of thiophene rings is 2. The Labute approximate surface area is 153 Å². The van der Waals surface area contributed by atoms with Gasteiger partial charge in [0.05, 0.1) is 33.5 Å². The number of nitrogens with zero attached hydrogens (tertiary/aromatic N) is 3. The van der Waals surface area contributed by atoms with Crippen LogP contribution in [-0.2, 0) is 6.54 Å². The van der Waals surface area contributed by atoms with Crippen molar-refractivity contribution in [3.63, 3.8) is 0 Å². The molecule has 5 rings (SSSR count). The molecule has 0 radical (unpaired) electrons. The first-order valence-electron chi connectivity index (χ1n) is 8.35. The van der Waals surface area contributed by atoms with Gasteiger partial charge in [0.25, 0.3) is 0 Å². The molecule has 0 aromatic carbocycles. The van der Waals surface area contributed by atoms with Gasteiger partial charge in [-0.25, -0.2) is 15.0 Å². The van der Waals surface area contributed by atoms with E-state index in [0.717, 1.165) is 33.4 Å². The minimum atomic E-state index is 0.540. The fraction of sp³-hybridized carbons (Fsp3) is 0.278. The summed E-state index contributed by atoms with van der Waals surface area (Å²) in [6.07, 6.45) is 4.30. The van der Waals surface area contributed by atoms with Crippen molar-refractivity contribution in [2.24, 2.45) is 0 Å². The van der Waals surface area contributed by atoms with Crippen LogP contribution in [0, 0.1) is 6.92 Å². The van der Waals surface area contributed by atoms with Crippen LogP contribution < -0.4 is 5.32 Å². The molecule has 4 aromatic rings. The molecule has 25 heavy (non-hydrogen) atoms. The minimum absolute atomic E-state index is 0.540. The average Bonchev–Trinajstić information content (AvgIpc) is 3.01. The smallest absolute Gasteiger partial charge is 0.148 e. The van der Waals surface area contributed by atoms with Crippen LogP contribution in [0.25, 0.3) is 20.8 Å². The highest BCUT2D eigenvalue weighted by Gasteiger charge is 2.28. The van der Waals surface area contributed by atoms with E-state index in [1.165, 1.54) is 23.3 Å². The van der Waals surface area contributed by atoms with Crippen LogP contribution in [0.15, 0.2) is 29.1 Å². The zero-order chi connectivity index (χ0) is 16.8. The van der Waals surface area contributed by atoms with Crippen molar-refractivity contribution in [2.45, 2.75) is 32.2 Å². The predicted molar refractivity (Wildman–Crippen MR) is 103 cm³/mol. The molecule has 1 aliphatic carbocycles.